The van der Waals surface area contributed by atoms with Crippen LogP contribution in [-0.4, -0.2) is 5.78 Å². The second-order valence-electron chi connectivity index (χ2n) is 6.08. The van der Waals surface area contributed by atoms with Crippen LogP contribution >= 0.6 is 0 Å². The molecule has 1 fully saturated rings. The first-order chi connectivity index (χ1) is 10.8. The molecule has 2 nitrogen and oxygen atoms in total. The van der Waals surface area contributed by atoms with Crippen molar-refractivity contribution in [3.8, 4) is 0 Å². The summed E-state index contributed by atoms with van der Waals surface area (Å²) < 4.78 is 0. The monoisotopic (exact) mass is 293 g/mol. The first-order valence-corrected chi connectivity index (χ1v) is 8.18. The van der Waals surface area contributed by atoms with Crippen LogP contribution in [0.5, 0.6) is 0 Å². The lowest BCUT2D eigenvalue weighted by molar-refractivity contribution is -0.127. The van der Waals surface area contributed by atoms with Crippen molar-refractivity contribution in [3.05, 3.63) is 71.8 Å². The zero-order valence-electron chi connectivity index (χ0n) is 13.0. The lowest BCUT2D eigenvalue weighted by atomic mass is 9.79. The molecule has 114 valence electrons. The summed E-state index contributed by atoms with van der Waals surface area (Å²) in [5.41, 5.74) is 2.42. The van der Waals surface area contributed by atoms with Gasteiger partial charge in [-0.1, -0.05) is 74.0 Å². The molecule has 0 saturated carbocycles. The van der Waals surface area contributed by atoms with Gasteiger partial charge < -0.3 is 5.32 Å². The summed E-state index contributed by atoms with van der Waals surface area (Å²) in [7, 11) is 0. The Morgan fingerprint density at radius 3 is 2.14 bits per heavy atom. The van der Waals surface area contributed by atoms with E-state index in [0.29, 0.717) is 12.2 Å². The van der Waals surface area contributed by atoms with Crippen molar-refractivity contribution < 1.29 is 4.79 Å². The van der Waals surface area contributed by atoms with E-state index in [2.05, 4.69) is 48.6 Å². The summed E-state index contributed by atoms with van der Waals surface area (Å²) in [5.74, 6) is 0.482. The van der Waals surface area contributed by atoms with Crippen molar-refractivity contribution in [1.29, 1.82) is 0 Å². The van der Waals surface area contributed by atoms with Gasteiger partial charge in [0, 0.05) is 24.4 Å². The minimum Gasteiger partial charge on any atom is -0.302 e. The van der Waals surface area contributed by atoms with Gasteiger partial charge in [0.15, 0.2) is 0 Å². The summed E-state index contributed by atoms with van der Waals surface area (Å²) in [6.07, 6.45) is 2.59. The minimum absolute atomic E-state index is 0.0902. The van der Waals surface area contributed by atoms with E-state index in [1.54, 1.807) is 0 Å². The molecule has 1 aliphatic heterocycles. The van der Waals surface area contributed by atoms with E-state index in [9.17, 15) is 4.79 Å². The smallest absolute Gasteiger partial charge is 0.139 e. The van der Waals surface area contributed by atoms with Crippen molar-refractivity contribution in [2.75, 3.05) is 0 Å². The minimum atomic E-state index is 0.0902. The number of rotatable bonds is 4. The number of carbonyl (C=O) groups excluding carboxylic acids is 1. The molecule has 0 bridgehead atoms. The highest BCUT2D eigenvalue weighted by molar-refractivity contribution is 5.83. The molecule has 0 aliphatic carbocycles. The van der Waals surface area contributed by atoms with Crippen LogP contribution in [-0.2, 0) is 4.79 Å². The molecule has 3 rings (SSSR count). The van der Waals surface area contributed by atoms with E-state index in [1.807, 2.05) is 24.3 Å². The average molecular weight is 293 g/mol. The predicted octanol–water partition coefficient (Wildman–Crippen LogP) is 4.45. The molecule has 0 radical (unpaired) electrons. The molecule has 2 heteroatoms. The molecule has 3 atom stereocenters. The van der Waals surface area contributed by atoms with Gasteiger partial charge in [0.25, 0.3) is 0 Å². The topological polar surface area (TPSA) is 29.1 Å². The third-order valence-corrected chi connectivity index (χ3v) is 4.56. The van der Waals surface area contributed by atoms with Gasteiger partial charge in [-0.25, -0.2) is 0 Å². The third-order valence-electron chi connectivity index (χ3n) is 4.56. The summed E-state index contributed by atoms with van der Waals surface area (Å²) in [5, 5.41) is 3.73. The van der Waals surface area contributed by atoms with Crippen LogP contribution < -0.4 is 5.32 Å². The van der Waals surface area contributed by atoms with Crippen LogP contribution in [0.15, 0.2) is 60.7 Å². The molecule has 1 aliphatic rings. The van der Waals surface area contributed by atoms with Crippen molar-refractivity contribution in [3.63, 3.8) is 0 Å². The molecule has 2 aromatic carbocycles. The van der Waals surface area contributed by atoms with E-state index in [0.717, 1.165) is 12.8 Å². The fourth-order valence-electron chi connectivity index (χ4n) is 3.46. The van der Waals surface area contributed by atoms with Crippen LogP contribution in [0.3, 0.4) is 0 Å². The maximum absolute atomic E-state index is 12.7. The van der Waals surface area contributed by atoms with Gasteiger partial charge in [-0.3, -0.25) is 4.79 Å². The number of Topliss-reactive ketones (excluding diaryl/α,β-unsaturated/α-hetero) is 1. The number of carbonyl (C=O) groups is 1. The molecule has 0 aromatic heterocycles. The van der Waals surface area contributed by atoms with Crippen LogP contribution in [0.2, 0.25) is 0 Å². The van der Waals surface area contributed by atoms with E-state index in [1.165, 1.54) is 11.1 Å². The molecule has 0 unspecified atom stereocenters. The summed E-state index contributed by atoms with van der Waals surface area (Å²) in [6, 6.07) is 20.9. The Balaban J connectivity index is 1.90. The Morgan fingerprint density at radius 1 is 0.955 bits per heavy atom. The first-order valence-electron chi connectivity index (χ1n) is 8.18. The Bertz CT molecular complexity index is 608. The number of hydrogen-bond donors (Lipinski definition) is 1. The molecular formula is C20H23NO. The molecule has 2 aromatic rings. The Kier molecular flexibility index (Phi) is 4.69. The van der Waals surface area contributed by atoms with E-state index in [-0.39, 0.29) is 18.0 Å². The third kappa shape index (κ3) is 3.12. The van der Waals surface area contributed by atoms with Gasteiger partial charge in [0.05, 0.1) is 0 Å². The van der Waals surface area contributed by atoms with Gasteiger partial charge in [0.2, 0.25) is 0 Å². The van der Waals surface area contributed by atoms with Gasteiger partial charge in [-0.15, -0.1) is 0 Å². The van der Waals surface area contributed by atoms with Crippen molar-refractivity contribution in [1.82, 2.24) is 5.32 Å². The van der Waals surface area contributed by atoms with Crippen molar-refractivity contribution in [2.24, 2.45) is 5.92 Å². The SMILES string of the molecule is CCC[C@@H]1C(=O)C[C@@H](c2ccccc2)N[C@H]1c1ccccc1. The lowest BCUT2D eigenvalue weighted by Crippen LogP contribution is -2.42. The molecular weight excluding hydrogens is 270 g/mol. The molecule has 1 N–H and O–H groups in total. The van der Waals surface area contributed by atoms with Crippen molar-refractivity contribution in [2.45, 2.75) is 38.3 Å². The molecule has 1 heterocycles. The van der Waals surface area contributed by atoms with Crippen LogP contribution in [0.1, 0.15) is 49.4 Å². The average Bonchev–Trinajstić information content (AvgIpc) is 2.58. The highest BCUT2D eigenvalue weighted by Crippen LogP contribution is 2.36. The zero-order valence-corrected chi connectivity index (χ0v) is 13.0. The zero-order chi connectivity index (χ0) is 15.4. The highest BCUT2D eigenvalue weighted by atomic mass is 16.1. The fraction of sp³-hybridized carbons (Fsp3) is 0.350. The molecule has 1 saturated heterocycles. The van der Waals surface area contributed by atoms with Gasteiger partial charge in [-0.05, 0) is 17.5 Å². The quantitative estimate of drug-likeness (QED) is 0.902. The maximum atomic E-state index is 12.7. The molecule has 0 spiro atoms. The number of benzene rings is 2. The normalized spacial score (nSPS) is 25.1. The maximum Gasteiger partial charge on any atom is 0.139 e. The van der Waals surface area contributed by atoms with Crippen molar-refractivity contribution >= 4 is 5.78 Å². The van der Waals surface area contributed by atoms with Gasteiger partial charge >= 0.3 is 0 Å². The van der Waals surface area contributed by atoms with E-state index >= 15 is 0 Å². The second kappa shape index (κ2) is 6.89. The fourth-order valence-corrected chi connectivity index (χ4v) is 3.46. The number of nitrogens with one attached hydrogen (secondary N) is 1. The number of hydrogen-bond acceptors (Lipinski definition) is 2. The summed E-state index contributed by atoms with van der Waals surface area (Å²) in [6.45, 7) is 2.15. The highest BCUT2D eigenvalue weighted by Gasteiger charge is 2.36. The number of piperidine rings is 1. The van der Waals surface area contributed by atoms with Gasteiger partial charge in [-0.2, -0.15) is 0 Å². The lowest BCUT2D eigenvalue weighted by Gasteiger charge is -2.37. The summed E-state index contributed by atoms with van der Waals surface area (Å²) >= 11 is 0. The van der Waals surface area contributed by atoms with Crippen LogP contribution in [0, 0.1) is 5.92 Å². The Labute approximate surface area is 132 Å². The first kappa shape index (κ1) is 15.0. The van der Waals surface area contributed by atoms with Crippen LogP contribution in [0.4, 0.5) is 0 Å². The van der Waals surface area contributed by atoms with Gasteiger partial charge in [0.1, 0.15) is 5.78 Å². The Hall–Kier alpha value is -1.93. The molecule has 22 heavy (non-hydrogen) atoms. The standard InChI is InChI=1S/C20H23NO/c1-2-9-17-19(22)14-18(15-10-5-3-6-11-15)21-20(17)16-12-7-4-8-13-16/h3-8,10-13,17-18,20-21H,2,9,14H2,1H3/t17-,18+,20+/m1/s1. The van der Waals surface area contributed by atoms with E-state index in [4.69, 9.17) is 0 Å². The van der Waals surface area contributed by atoms with E-state index < -0.39 is 0 Å². The number of ketones is 1. The van der Waals surface area contributed by atoms with Crippen LogP contribution in [0.25, 0.3) is 0 Å². The molecule has 0 amide bonds. The largest absolute Gasteiger partial charge is 0.302 e. The Morgan fingerprint density at radius 2 is 1.55 bits per heavy atom. The predicted molar refractivity (Wildman–Crippen MR) is 89.5 cm³/mol. The second-order valence-corrected chi connectivity index (χ2v) is 6.08. The summed E-state index contributed by atoms with van der Waals surface area (Å²) in [4.78, 5) is 12.7.